The zero-order valence-corrected chi connectivity index (χ0v) is 10.4. The minimum Gasteiger partial charge on any atom is -0.392 e. The van der Waals surface area contributed by atoms with Crippen molar-refractivity contribution in [3.8, 4) is 0 Å². The molecule has 0 saturated heterocycles. The molecule has 0 amide bonds. The van der Waals surface area contributed by atoms with Gasteiger partial charge in [0, 0.05) is 11.8 Å². The van der Waals surface area contributed by atoms with Crippen LogP contribution in [0.5, 0.6) is 0 Å². The highest BCUT2D eigenvalue weighted by Gasteiger charge is 2.37. The van der Waals surface area contributed by atoms with Gasteiger partial charge in [-0.05, 0) is 25.8 Å². The predicted octanol–water partition coefficient (Wildman–Crippen LogP) is 2.48. The molecule has 0 aliphatic heterocycles. The van der Waals surface area contributed by atoms with Gasteiger partial charge in [-0.1, -0.05) is 42.5 Å². The molecule has 1 aliphatic carbocycles. The van der Waals surface area contributed by atoms with Crippen molar-refractivity contribution in [3.63, 3.8) is 0 Å². The lowest BCUT2D eigenvalue weighted by molar-refractivity contribution is -0.0367. The second-order valence-corrected chi connectivity index (χ2v) is 5.35. The summed E-state index contributed by atoms with van der Waals surface area (Å²) in [4.78, 5) is 0. The van der Waals surface area contributed by atoms with E-state index in [2.05, 4.69) is 6.08 Å². The summed E-state index contributed by atoms with van der Waals surface area (Å²) in [6.45, 7) is 3.50. The Balaban J connectivity index is 2.25. The maximum atomic E-state index is 10.4. The SMILES string of the molecule is CC(C)(O)[C@@H]1C=CC[C@@H](c2ccccc2)[C@@H]1O. The smallest absolute Gasteiger partial charge is 0.0701 e. The molecule has 1 aliphatic rings. The third-order valence-electron chi connectivity index (χ3n) is 3.56. The first-order chi connectivity index (χ1) is 8.00. The summed E-state index contributed by atoms with van der Waals surface area (Å²) >= 11 is 0. The van der Waals surface area contributed by atoms with Gasteiger partial charge in [-0.3, -0.25) is 0 Å². The molecule has 2 nitrogen and oxygen atoms in total. The normalized spacial score (nSPS) is 29.3. The third-order valence-corrected chi connectivity index (χ3v) is 3.56. The summed E-state index contributed by atoms with van der Waals surface area (Å²) in [6, 6.07) is 10.0. The first-order valence-corrected chi connectivity index (χ1v) is 6.12. The van der Waals surface area contributed by atoms with E-state index < -0.39 is 11.7 Å². The van der Waals surface area contributed by atoms with Crippen molar-refractivity contribution in [3.05, 3.63) is 48.0 Å². The summed E-state index contributed by atoms with van der Waals surface area (Å²) in [7, 11) is 0. The topological polar surface area (TPSA) is 40.5 Å². The lowest BCUT2D eigenvalue weighted by Crippen LogP contribution is -2.42. The molecule has 0 bridgehead atoms. The minimum atomic E-state index is -0.886. The minimum absolute atomic E-state index is 0.0811. The van der Waals surface area contributed by atoms with Crippen LogP contribution in [0.4, 0.5) is 0 Å². The molecule has 0 heterocycles. The largest absolute Gasteiger partial charge is 0.392 e. The van der Waals surface area contributed by atoms with Crippen LogP contribution in [0.15, 0.2) is 42.5 Å². The molecule has 92 valence electrons. The van der Waals surface area contributed by atoms with E-state index in [1.165, 1.54) is 0 Å². The van der Waals surface area contributed by atoms with Gasteiger partial charge in [0.15, 0.2) is 0 Å². The lowest BCUT2D eigenvalue weighted by Gasteiger charge is -2.38. The Hall–Kier alpha value is -1.12. The van der Waals surface area contributed by atoms with Gasteiger partial charge in [0.25, 0.3) is 0 Å². The van der Waals surface area contributed by atoms with Gasteiger partial charge in [-0.15, -0.1) is 0 Å². The average molecular weight is 232 g/mol. The molecule has 0 fully saturated rings. The van der Waals surface area contributed by atoms with Crippen molar-refractivity contribution in [2.24, 2.45) is 5.92 Å². The van der Waals surface area contributed by atoms with Crippen LogP contribution >= 0.6 is 0 Å². The van der Waals surface area contributed by atoms with Gasteiger partial charge in [0.2, 0.25) is 0 Å². The quantitative estimate of drug-likeness (QED) is 0.769. The molecule has 2 heteroatoms. The standard InChI is InChI=1S/C15H20O2/c1-15(2,17)13-10-6-9-12(14(13)16)11-7-4-3-5-8-11/h3-8,10,12-14,16-17H,9H2,1-2H3/t12-,13+,14-/m0/s1. The summed E-state index contributed by atoms with van der Waals surface area (Å²) in [5.74, 6) is -0.126. The molecule has 0 radical (unpaired) electrons. The van der Waals surface area contributed by atoms with Gasteiger partial charge in [0.1, 0.15) is 0 Å². The zero-order chi connectivity index (χ0) is 12.5. The van der Waals surface area contributed by atoms with Gasteiger partial charge in [-0.2, -0.15) is 0 Å². The van der Waals surface area contributed by atoms with Gasteiger partial charge >= 0.3 is 0 Å². The van der Waals surface area contributed by atoms with Crippen LogP contribution in [-0.4, -0.2) is 21.9 Å². The first kappa shape index (κ1) is 12.3. The Kier molecular flexibility index (Phi) is 3.36. The molecule has 0 unspecified atom stereocenters. The number of allylic oxidation sites excluding steroid dienone is 1. The first-order valence-electron chi connectivity index (χ1n) is 6.12. The molecule has 3 atom stereocenters. The lowest BCUT2D eigenvalue weighted by atomic mass is 9.73. The molecule has 0 aromatic heterocycles. The number of hydrogen-bond donors (Lipinski definition) is 2. The highest BCUT2D eigenvalue weighted by Crippen LogP contribution is 2.37. The monoisotopic (exact) mass is 232 g/mol. The second-order valence-electron chi connectivity index (χ2n) is 5.35. The van der Waals surface area contributed by atoms with Gasteiger partial charge in [-0.25, -0.2) is 0 Å². The van der Waals surface area contributed by atoms with Crippen molar-refractivity contribution in [1.82, 2.24) is 0 Å². The van der Waals surface area contributed by atoms with E-state index in [0.29, 0.717) is 0 Å². The van der Waals surface area contributed by atoms with Crippen molar-refractivity contribution in [2.45, 2.75) is 37.9 Å². The van der Waals surface area contributed by atoms with Crippen molar-refractivity contribution in [1.29, 1.82) is 0 Å². The average Bonchev–Trinajstić information content (AvgIpc) is 2.29. The number of rotatable bonds is 2. The maximum Gasteiger partial charge on any atom is 0.0701 e. The maximum absolute atomic E-state index is 10.4. The third kappa shape index (κ3) is 2.59. The Morgan fingerprint density at radius 1 is 1.18 bits per heavy atom. The van der Waals surface area contributed by atoms with E-state index in [4.69, 9.17) is 0 Å². The summed E-state index contributed by atoms with van der Waals surface area (Å²) in [5, 5.41) is 20.5. The Morgan fingerprint density at radius 2 is 1.82 bits per heavy atom. The van der Waals surface area contributed by atoms with E-state index >= 15 is 0 Å². The summed E-state index contributed by atoms with van der Waals surface area (Å²) < 4.78 is 0. The highest BCUT2D eigenvalue weighted by atomic mass is 16.3. The van der Waals surface area contributed by atoms with Crippen molar-refractivity contribution in [2.75, 3.05) is 0 Å². The Morgan fingerprint density at radius 3 is 2.41 bits per heavy atom. The summed E-state index contributed by atoms with van der Waals surface area (Å²) in [6.07, 6.45) is 4.30. The second kappa shape index (κ2) is 4.63. The van der Waals surface area contributed by atoms with E-state index in [0.717, 1.165) is 12.0 Å². The molecule has 2 N–H and O–H groups in total. The van der Waals surface area contributed by atoms with Crippen LogP contribution in [0.1, 0.15) is 31.7 Å². The van der Waals surface area contributed by atoms with Crippen LogP contribution in [0.3, 0.4) is 0 Å². The van der Waals surface area contributed by atoms with Gasteiger partial charge in [0.05, 0.1) is 11.7 Å². The van der Waals surface area contributed by atoms with Crippen LogP contribution < -0.4 is 0 Å². The number of hydrogen-bond acceptors (Lipinski definition) is 2. The zero-order valence-electron chi connectivity index (χ0n) is 10.4. The van der Waals surface area contributed by atoms with Gasteiger partial charge < -0.3 is 10.2 Å². The molecule has 17 heavy (non-hydrogen) atoms. The molecular weight excluding hydrogens is 212 g/mol. The van der Waals surface area contributed by atoms with Crippen molar-refractivity contribution < 1.29 is 10.2 Å². The van der Waals surface area contributed by atoms with E-state index in [1.54, 1.807) is 13.8 Å². The van der Waals surface area contributed by atoms with Crippen LogP contribution in [0, 0.1) is 5.92 Å². The molecular formula is C15H20O2. The van der Waals surface area contributed by atoms with E-state index in [9.17, 15) is 10.2 Å². The van der Waals surface area contributed by atoms with E-state index in [-0.39, 0.29) is 11.8 Å². The fourth-order valence-corrected chi connectivity index (χ4v) is 2.56. The molecule has 0 spiro atoms. The summed E-state index contributed by atoms with van der Waals surface area (Å²) in [5.41, 5.74) is 0.252. The fraction of sp³-hybridized carbons (Fsp3) is 0.467. The van der Waals surface area contributed by atoms with Crippen LogP contribution in [0.25, 0.3) is 0 Å². The van der Waals surface area contributed by atoms with Crippen molar-refractivity contribution >= 4 is 0 Å². The molecule has 2 rings (SSSR count). The van der Waals surface area contributed by atoms with E-state index in [1.807, 2.05) is 36.4 Å². The Bertz CT molecular complexity index is 389. The predicted molar refractivity (Wildman–Crippen MR) is 68.7 cm³/mol. The Labute approximate surface area is 103 Å². The number of benzene rings is 1. The number of aliphatic hydroxyl groups excluding tert-OH is 1. The fourth-order valence-electron chi connectivity index (χ4n) is 2.56. The highest BCUT2D eigenvalue weighted by molar-refractivity contribution is 5.25. The van der Waals surface area contributed by atoms with Crippen LogP contribution in [0.2, 0.25) is 0 Å². The molecule has 1 aromatic carbocycles. The molecule has 0 saturated carbocycles. The molecule has 1 aromatic rings. The number of aliphatic hydroxyl groups is 2. The van der Waals surface area contributed by atoms with Crippen LogP contribution in [-0.2, 0) is 0 Å².